The third kappa shape index (κ3) is 7.61. The van der Waals surface area contributed by atoms with Gasteiger partial charge in [0, 0.05) is 36.4 Å². The monoisotopic (exact) mass is 461 g/mol. The Bertz CT molecular complexity index is 1030. The van der Waals surface area contributed by atoms with E-state index in [1.165, 1.54) is 0 Å². The van der Waals surface area contributed by atoms with Gasteiger partial charge < -0.3 is 37.3 Å². The first-order chi connectivity index (χ1) is 15.6. The van der Waals surface area contributed by atoms with Gasteiger partial charge in [0.25, 0.3) is 0 Å². The molecule has 0 radical (unpaired) electrons. The number of primary amides is 1. The number of hydrogen-bond acceptors (Lipinski definition) is 6. The number of carboxylic acid groups (broad SMARTS) is 2. The average Bonchev–Trinajstić information content (AvgIpc) is 3.37. The van der Waals surface area contributed by atoms with Crippen molar-refractivity contribution in [3.63, 3.8) is 0 Å². The Labute approximate surface area is 188 Å². The Morgan fingerprint density at radius 1 is 1.15 bits per heavy atom. The van der Waals surface area contributed by atoms with Crippen LogP contribution in [0.2, 0.25) is 0 Å². The maximum absolute atomic E-state index is 11.6. The third-order valence-corrected chi connectivity index (χ3v) is 5.04. The van der Waals surface area contributed by atoms with Crippen LogP contribution in [0.4, 0.5) is 0 Å². The molecule has 0 saturated carbocycles. The van der Waals surface area contributed by atoms with Gasteiger partial charge in [-0.1, -0.05) is 18.2 Å². The molecule has 9 N–H and O–H groups in total. The fraction of sp³-hybridized carbons (Fsp3) is 0.381. The van der Waals surface area contributed by atoms with Gasteiger partial charge in [-0.05, 0) is 24.5 Å². The third-order valence-electron chi connectivity index (χ3n) is 5.04. The number of carboxylic acids is 2. The Morgan fingerprint density at radius 2 is 1.85 bits per heavy atom. The van der Waals surface area contributed by atoms with Gasteiger partial charge in [0.1, 0.15) is 18.1 Å². The number of carbonyl (C=O) groups is 5. The lowest BCUT2D eigenvalue weighted by molar-refractivity contribution is -0.142. The van der Waals surface area contributed by atoms with E-state index in [1.54, 1.807) is 0 Å². The van der Waals surface area contributed by atoms with E-state index in [1.807, 2.05) is 30.5 Å². The molecule has 0 aliphatic carbocycles. The molecule has 2 heterocycles. The predicted octanol–water partition coefficient (Wildman–Crippen LogP) is -0.778. The number of nitrogens with one attached hydrogen (secondary N) is 3. The quantitative estimate of drug-likeness (QED) is 0.251. The van der Waals surface area contributed by atoms with Crippen molar-refractivity contribution in [1.82, 2.24) is 15.6 Å². The summed E-state index contributed by atoms with van der Waals surface area (Å²) < 4.78 is 0. The van der Waals surface area contributed by atoms with Crippen LogP contribution in [0.5, 0.6) is 0 Å². The van der Waals surface area contributed by atoms with Gasteiger partial charge in [-0.25, -0.2) is 4.79 Å². The van der Waals surface area contributed by atoms with E-state index in [2.05, 4.69) is 15.6 Å². The van der Waals surface area contributed by atoms with Crippen molar-refractivity contribution in [3.8, 4) is 0 Å². The summed E-state index contributed by atoms with van der Waals surface area (Å²) >= 11 is 0. The van der Waals surface area contributed by atoms with Crippen LogP contribution in [-0.4, -0.2) is 63.0 Å². The summed E-state index contributed by atoms with van der Waals surface area (Å²) in [5.74, 6) is -3.64. The topological polar surface area (TPSA) is 218 Å². The Morgan fingerprint density at radius 3 is 2.42 bits per heavy atom. The minimum atomic E-state index is -1.24. The molecule has 178 valence electrons. The minimum absolute atomic E-state index is 0.0723. The van der Waals surface area contributed by atoms with Gasteiger partial charge in [-0.2, -0.15) is 0 Å². The van der Waals surface area contributed by atoms with Crippen LogP contribution in [0.25, 0.3) is 10.9 Å². The summed E-state index contributed by atoms with van der Waals surface area (Å²) in [6, 6.07) is 5.03. The lowest BCUT2D eigenvalue weighted by Crippen LogP contribution is -2.49. The van der Waals surface area contributed by atoms with E-state index in [0.29, 0.717) is 12.8 Å². The first-order valence-electron chi connectivity index (χ1n) is 10.2. The van der Waals surface area contributed by atoms with E-state index >= 15 is 0 Å². The molecule has 1 fully saturated rings. The van der Waals surface area contributed by atoms with Crippen LogP contribution < -0.4 is 22.1 Å². The number of aromatic amines is 1. The molecule has 3 atom stereocenters. The normalized spacial score (nSPS) is 16.8. The fourth-order valence-electron chi connectivity index (χ4n) is 3.25. The number of fused-ring (bicyclic) bond motifs is 1. The molecule has 12 nitrogen and oxygen atoms in total. The molecular weight excluding hydrogens is 434 g/mol. The van der Waals surface area contributed by atoms with Crippen molar-refractivity contribution in [2.45, 2.75) is 50.2 Å². The highest BCUT2D eigenvalue weighted by molar-refractivity contribution is 5.93. The first kappa shape index (κ1) is 25.3. The van der Waals surface area contributed by atoms with E-state index in [0.717, 1.165) is 16.5 Å². The van der Waals surface area contributed by atoms with E-state index in [4.69, 9.17) is 21.7 Å². The zero-order valence-electron chi connectivity index (χ0n) is 17.7. The minimum Gasteiger partial charge on any atom is -0.480 e. The van der Waals surface area contributed by atoms with Crippen LogP contribution in [-0.2, 0) is 30.4 Å². The maximum Gasteiger partial charge on any atom is 0.326 e. The number of nitrogens with two attached hydrogens (primary N) is 2. The molecule has 1 aliphatic rings. The van der Waals surface area contributed by atoms with Gasteiger partial charge in [-0.3, -0.25) is 19.2 Å². The standard InChI is InChI=1S/C11H12N2O2.C10H15N3O5/c12-9(11(14)15)5-7-6-13-10-4-2-1-3-8(7)10;11-7(14)3-1-6(10(17)18)13-9(16)5-2-4-8(15)12-5/h1-4,6,9,13H,5,12H2,(H,14,15);5-6H,1-4H2,(H2,11,14)(H,12,15)(H,13,16)(H,17,18)/t;5-,6?/m.0/s1. The summed E-state index contributed by atoms with van der Waals surface area (Å²) in [6.07, 6.45) is 2.54. The lowest BCUT2D eigenvalue weighted by atomic mass is 10.1. The van der Waals surface area contributed by atoms with Gasteiger partial charge in [0.15, 0.2) is 0 Å². The number of aromatic nitrogens is 1. The molecule has 2 unspecified atom stereocenters. The number of amides is 3. The van der Waals surface area contributed by atoms with Crippen LogP contribution in [0, 0.1) is 0 Å². The highest BCUT2D eigenvalue weighted by atomic mass is 16.4. The van der Waals surface area contributed by atoms with E-state index in [-0.39, 0.29) is 25.2 Å². The van der Waals surface area contributed by atoms with Gasteiger partial charge in [-0.15, -0.1) is 0 Å². The highest BCUT2D eigenvalue weighted by Gasteiger charge is 2.30. The van der Waals surface area contributed by atoms with Gasteiger partial charge in [0.2, 0.25) is 17.7 Å². The molecule has 33 heavy (non-hydrogen) atoms. The summed E-state index contributed by atoms with van der Waals surface area (Å²) in [4.78, 5) is 57.7. The maximum atomic E-state index is 11.6. The zero-order chi connectivity index (χ0) is 24.5. The van der Waals surface area contributed by atoms with Crippen molar-refractivity contribution in [1.29, 1.82) is 0 Å². The smallest absolute Gasteiger partial charge is 0.326 e. The van der Waals surface area contributed by atoms with Crippen LogP contribution in [0.1, 0.15) is 31.2 Å². The zero-order valence-corrected chi connectivity index (χ0v) is 17.7. The van der Waals surface area contributed by atoms with Crippen molar-refractivity contribution >= 4 is 40.6 Å². The number of benzene rings is 1. The molecule has 3 amide bonds. The molecule has 1 saturated heterocycles. The number of hydrogen-bond donors (Lipinski definition) is 7. The largest absolute Gasteiger partial charge is 0.480 e. The van der Waals surface area contributed by atoms with E-state index in [9.17, 15) is 24.0 Å². The lowest BCUT2D eigenvalue weighted by Gasteiger charge is -2.16. The SMILES string of the molecule is NC(=O)CCC(NC(=O)[C@@H]1CCC(=O)N1)C(=O)O.NC(Cc1c[nH]c2ccccc12)C(=O)O. The van der Waals surface area contributed by atoms with Gasteiger partial charge in [0.05, 0.1) is 0 Å². The van der Waals surface area contributed by atoms with Gasteiger partial charge >= 0.3 is 11.9 Å². The Kier molecular flexibility index (Phi) is 8.92. The second-order valence-corrected chi connectivity index (χ2v) is 7.57. The van der Waals surface area contributed by atoms with Crippen LogP contribution >= 0.6 is 0 Å². The summed E-state index contributed by atoms with van der Waals surface area (Å²) in [7, 11) is 0. The van der Waals surface area contributed by atoms with Crippen molar-refractivity contribution in [2.75, 3.05) is 0 Å². The average molecular weight is 461 g/mol. The van der Waals surface area contributed by atoms with Crippen LogP contribution in [0.3, 0.4) is 0 Å². The Balaban J connectivity index is 0.000000237. The number of rotatable bonds is 9. The number of carbonyl (C=O) groups excluding carboxylic acids is 3. The molecule has 12 heteroatoms. The van der Waals surface area contributed by atoms with Crippen LogP contribution in [0.15, 0.2) is 30.5 Å². The fourth-order valence-corrected chi connectivity index (χ4v) is 3.25. The summed E-state index contributed by atoms with van der Waals surface area (Å²) in [5, 5.41) is 23.3. The second kappa shape index (κ2) is 11.6. The Hall–Kier alpha value is -3.93. The number of para-hydroxylation sites is 1. The molecule has 2 aromatic rings. The molecule has 1 aliphatic heterocycles. The molecular formula is C21H27N5O7. The number of aliphatic carboxylic acids is 2. The molecule has 1 aromatic heterocycles. The van der Waals surface area contributed by atoms with Crippen molar-refractivity contribution in [3.05, 3.63) is 36.0 Å². The molecule has 3 rings (SSSR count). The molecule has 1 aromatic carbocycles. The number of H-pyrrole nitrogens is 1. The second-order valence-electron chi connectivity index (χ2n) is 7.57. The van der Waals surface area contributed by atoms with E-state index < -0.39 is 41.9 Å². The summed E-state index contributed by atoms with van der Waals surface area (Å²) in [5.41, 5.74) is 12.3. The first-order valence-corrected chi connectivity index (χ1v) is 10.2. The molecule has 0 spiro atoms. The van der Waals surface area contributed by atoms with Crippen molar-refractivity contribution in [2.24, 2.45) is 11.5 Å². The molecule has 0 bridgehead atoms. The highest BCUT2D eigenvalue weighted by Crippen LogP contribution is 2.18. The summed E-state index contributed by atoms with van der Waals surface area (Å²) in [6.45, 7) is 0. The predicted molar refractivity (Wildman–Crippen MR) is 117 cm³/mol. The van der Waals surface area contributed by atoms with Crippen molar-refractivity contribution < 1.29 is 34.2 Å².